The van der Waals surface area contributed by atoms with Crippen LogP contribution in [0, 0.1) is 13.8 Å². The zero-order valence-corrected chi connectivity index (χ0v) is 17.2. The van der Waals surface area contributed by atoms with Gasteiger partial charge in [0.05, 0.1) is 7.11 Å². The molecule has 0 saturated carbocycles. The lowest BCUT2D eigenvalue weighted by Gasteiger charge is -2.35. The molecule has 1 aliphatic rings. The molecule has 1 fully saturated rings. The van der Waals surface area contributed by atoms with Gasteiger partial charge in [-0.1, -0.05) is 0 Å². The van der Waals surface area contributed by atoms with Crippen LogP contribution in [0.4, 0.5) is 4.79 Å². The standard InChI is InChI=1S/C21H30N2O4/c1-15-13-17(26-6)14-16(2)18(15)7-8-19(24)22-9-11-23(12-10-22)20(25)27-21(3,4)5/h7-8,13-14H,9-12H2,1-6H3/b8-7+. The van der Waals surface area contributed by atoms with Crippen LogP contribution < -0.4 is 4.74 Å². The monoisotopic (exact) mass is 374 g/mol. The Morgan fingerprint density at radius 2 is 1.52 bits per heavy atom. The summed E-state index contributed by atoms with van der Waals surface area (Å²) in [6.07, 6.45) is 3.13. The molecule has 6 nitrogen and oxygen atoms in total. The molecular formula is C21H30N2O4. The fraction of sp³-hybridized carbons (Fsp3) is 0.524. The summed E-state index contributed by atoms with van der Waals surface area (Å²) in [5.74, 6) is 0.764. The van der Waals surface area contributed by atoms with E-state index in [1.54, 1.807) is 23.0 Å². The number of amides is 2. The van der Waals surface area contributed by atoms with Crippen molar-refractivity contribution < 1.29 is 19.1 Å². The minimum atomic E-state index is -0.513. The maximum absolute atomic E-state index is 12.5. The molecule has 1 heterocycles. The maximum atomic E-state index is 12.5. The zero-order chi connectivity index (χ0) is 20.2. The van der Waals surface area contributed by atoms with Gasteiger partial charge in [-0.05, 0) is 69.5 Å². The molecule has 2 rings (SSSR count). The molecule has 148 valence electrons. The molecule has 27 heavy (non-hydrogen) atoms. The lowest BCUT2D eigenvalue weighted by molar-refractivity contribution is -0.127. The van der Waals surface area contributed by atoms with Crippen LogP contribution in [-0.2, 0) is 9.53 Å². The van der Waals surface area contributed by atoms with Gasteiger partial charge in [0.15, 0.2) is 0 Å². The molecule has 0 aliphatic carbocycles. The van der Waals surface area contributed by atoms with Crippen molar-refractivity contribution in [1.29, 1.82) is 0 Å². The van der Waals surface area contributed by atoms with Crippen LogP contribution in [0.1, 0.15) is 37.5 Å². The molecule has 0 bridgehead atoms. The first-order valence-corrected chi connectivity index (χ1v) is 9.21. The minimum Gasteiger partial charge on any atom is -0.497 e. The van der Waals surface area contributed by atoms with Crippen molar-refractivity contribution in [3.63, 3.8) is 0 Å². The second-order valence-electron chi connectivity index (χ2n) is 7.80. The van der Waals surface area contributed by atoms with E-state index in [1.165, 1.54) is 0 Å². The van der Waals surface area contributed by atoms with E-state index in [9.17, 15) is 9.59 Å². The van der Waals surface area contributed by atoms with Gasteiger partial charge in [0, 0.05) is 32.3 Å². The van der Waals surface area contributed by atoms with E-state index in [1.807, 2.05) is 52.8 Å². The summed E-state index contributed by atoms with van der Waals surface area (Å²) in [5, 5.41) is 0. The zero-order valence-electron chi connectivity index (χ0n) is 17.2. The number of carbonyl (C=O) groups is 2. The molecule has 2 amide bonds. The summed E-state index contributed by atoms with van der Waals surface area (Å²) < 4.78 is 10.7. The molecule has 1 aromatic carbocycles. The van der Waals surface area contributed by atoms with Crippen molar-refractivity contribution in [3.8, 4) is 5.75 Å². The summed E-state index contributed by atoms with van der Waals surface area (Å²) in [4.78, 5) is 28.0. The van der Waals surface area contributed by atoms with E-state index in [-0.39, 0.29) is 12.0 Å². The number of nitrogens with zero attached hydrogens (tertiary/aromatic N) is 2. The predicted octanol–water partition coefficient (Wildman–Crippen LogP) is 3.40. The Balaban J connectivity index is 1.95. The maximum Gasteiger partial charge on any atom is 0.410 e. The smallest absolute Gasteiger partial charge is 0.410 e. The molecule has 1 aromatic rings. The second kappa shape index (κ2) is 8.46. The molecule has 0 unspecified atom stereocenters. The quantitative estimate of drug-likeness (QED) is 0.761. The van der Waals surface area contributed by atoms with Gasteiger partial charge < -0.3 is 19.3 Å². The molecule has 1 saturated heterocycles. The largest absolute Gasteiger partial charge is 0.497 e. The van der Waals surface area contributed by atoms with Crippen molar-refractivity contribution >= 4 is 18.1 Å². The van der Waals surface area contributed by atoms with E-state index in [0.717, 1.165) is 22.4 Å². The van der Waals surface area contributed by atoms with E-state index < -0.39 is 5.60 Å². The second-order valence-corrected chi connectivity index (χ2v) is 7.80. The Labute approximate surface area is 161 Å². The van der Waals surface area contributed by atoms with Crippen molar-refractivity contribution in [2.75, 3.05) is 33.3 Å². The van der Waals surface area contributed by atoms with Crippen LogP contribution in [0.2, 0.25) is 0 Å². The van der Waals surface area contributed by atoms with Crippen molar-refractivity contribution in [3.05, 3.63) is 34.9 Å². The highest BCUT2D eigenvalue weighted by Gasteiger charge is 2.26. The summed E-state index contributed by atoms with van der Waals surface area (Å²) in [5.41, 5.74) is 2.63. The number of ether oxygens (including phenoxy) is 2. The molecule has 0 N–H and O–H groups in total. The number of aryl methyl sites for hydroxylation is 2. The first-order chi connectivity index (χ1) is 12.6. The molecular weight excluding hydrogens is 344 g/mol. The number of piperazine rings is 1. The molecule has 0 atom stereocenters. The lowest BCUT2D eigenvalue weighted by Crippen LogP contribution is -2.51. The van der Waals surface area contributed by atoms with E-state index in [0.29, 0.717) is 26.2 Å². The highest BCUT2D eigenvalue weighted by molar-refractivity contribution is 5.92. The molecule has 0 aromatic heterocycles. The van der Waals surface area contributed by atoms with Crippen molar-refractivity contribution in [2.24, 2.45) is 0 Å². The SMILES string of the molecule is COc1cc(C)c(/C=C/C(=O)N2CCN(C(=O)OC(C)(C)C)CC2)c(C)c1. The molecule has 0 spiro atoms. The number of carbonyl (C=O) groups excluding carboxylic acids is 2. The minimum absolute atomic E-state index is 0.0477. The summed E-state index contributed by atoms with van der Waals surface area (Å²) >= 11 is 0. The predicted molar refractivity (Wildman–Crippen MR) is 106 cm³/mol. The van der Waals surface area contributed by atoms with Gasteiger partial charge in [0.2, 0.25) is 5.91 Å². The van der Waals surface area contributed by atoms with Crippen molar-refractivity contribution in [1.82, 2.24) is 9.80 Å². The summed E-state index contributed by atoms with van der Waals surface area (Å²) in [7, 11) is 1.64. The van der Waals surface area contributed by atoms with Crippen LogP contribution in [0.3, 0.4) is 0 Å². The first-order valence-electron chi connectivity index (χ1n) is 9.21. The Kier molecular flexibility index (Phi) is 6.52. The molecule has 6 heteroatoms. The van der Waals surface area contributed by atoms with Crippen LogP contribution in [0.25, 0.3) is 6.08 Å². The third-order valence-electron chi connectivity index (χ3n) is 4.44. The van der Waals surface area contributed by atoms with Crippen molar-refractivity contribution in [2.45, 2.75) is 40.2 Å². The summed E-state index contributed by atoms with van der Waals surface area (Å²) in [6, 6.07) is 3.91. The number of hydrogen-bond acceptors (Lipinski definition) is 4. The van der Waals surface area contributed by atoms with Crippen LogP contribution in [-0.4, -0.2) is 60.7 Å². The number of rotatable bonds is 3. The topological polar surface area (TPSA) is 59.1 Å². The van der Waals surface area contributed by atoms with Gasteiger partial charge in [-0.3, -0.25) is 4.79 Å². The third-order valence-corrected chi connectivity index (χ3v) is 4.44. The number of hydrogen-bond donors (Lipinski definition) is 0. The fourth-order valence-electron chi connectivity index (χ4n) is 3.01. The summed E-state index contributed by atoms with van der Waals surface area (Å²) in [6.45, 7) is 11.5. The number of methoxy groups -OCH3 is 1. The normalized spacial score (nSPS) is 15.2. The lowest BCUT2D eigenvalue weighted by atomic mass is 10.0. The van der Waals surface area contributed by atoms with E-state index >= 15 is 0 Å². The Morgan fingerprint density at radius 3 is 2.00 bits per heavy atom. The van der Waals surface area contributed by atoms with E-state index in [4.69, 9.17) is 9.47 Å². The van der Waals surface area contributed by atoms with Gasteiger partial charge in [0.1, 0.15) is 11.4 Å². The Morgan fingerprint density at radius 1 is 1.00 bits per heavy atom. The van der Waals surface area contributed by atoms with Gasteiger partial charge in [-0.25, -0.2) is 4.79 Å². The highest BCUT2D eigenvalue weighted by Crippen LogP contribution is 2.23. The van der Waals surface area contributed by atoms with Gasteiger partial charge in [-0.2, -0.15) is 0 Å². The molecule has 1 aliphatic heterocycles. The van der Waals surface area contributed by atoms with Crippen LogP contribution >= 0.6 is 0 Å². The van der Waals surface area contributed by atoms with Gasteiger partial charge >= 0.3 is 6.09 Å². The van der Waals surface area contributed by atoms with E-state index in [2.05, 4.69) is 0 Å². The molecule has 0 radical (unpaired) electrons. The van der Waals surface area contributed by atoms with Crippen LogP contribution in [0.15, 0.2) is 18.2 Å². The Hall–Kier alpha value is -2.50. The van der Waals surface area contributed by atoms with Gasteiger partial charge in [0.25, 0.3) is 0 Å². The Bertz CT molecular complexity index is 703. The highest BCUT2D eigenvalue weighted by atomic mass is 16.6. The average molecular weight is 374 g/mol. The first kappa shape index (κ1) is 20.8. The number of benzene rings is 1. The fourth-order valence-corrected chi connectivity index (χ4v) is 3.01. The average Bonchev–Trinajstić information content (AvgIpc) is 2.59. The third kappa shape index (κ3) is 5.74. The van der Waals surface area contributed by atoms with Crippen LogP contribution in [0.5, 0.6) is 5.75 Å². The van der Waals surface area contributed by atoms with Gasteiger partial charge in [-0.15, -0.1) is 0 Å².